The summed E-state index contributed by atoms with van der Waals surface area (Å²) in [7, 11) is 0. The number of fused-ring (bicyclic) bond motifs is 1. The van der Waals surface area contributed by atoms with Crippen molar-refractivity contribution in [3.05, 3.63) is 29.1 Å². The minimum Gasteiger partial charge on any atom is -0.347 e. The fourth-order valence-corrected chi connectivity index (χ4v) is 2.03. The number of benzene rings is 1. The molecule has 3 N–H and O–H groups in total. The zero-order chi connectivity index (χ0) is 13.8. The first-order valence-electron chi connectivity index (χ1n) is 6.13. The average molecular weight is 265 g/mol. The summed E-state index contributed by atoms with van der Waals surface area (Å²) < 4.78 is 14.2. The quantitative estimate of drug-likeness (QED) is 0.747. The molecule has 19 heavy (non-hydrogen) atoms. The van der Waals surface area contributed by atoms with E-state index in [2.05, 4.69) is 16.0 Å². The first kappa shape index (κ1) is 13.5. The van der Waals surface area contributed by atoms with Crippen LogP contribution in [-0.4, -0.2) is 24.9 Å². The monoisotopic (exact) mass is 265 g/mol. The number of hydrogen-bond acceptors (Lipinski definition) is 3. The molecule has 2 amide bonds. The number of hydrogen-bond donors (Lipinski definition) is 3. The highest BCUT2D eigenvalue weighted by Gasteiger charge is 2.17. The summed E-state index contributed by atoms with van der Waals surface area (Å²) in [6.45, 7) is 2.53. The van der Waals surface area contributed by atoms with Gasteiger partial charge < -0.3 is 16.0 Å². The van der Waals surface area contributed by atoms with Crippen LogP contribution >= 0.6 is 0 Å². The van der Waals surface area contributed by atoms with Crippen molar-refractivity contribution >= 4 is 17.5 Å². The van der Waals surface area contributed by atoms with Crippen molar-refractivity contribution in [2.45, 2.75) is 19.9 Å². The largest absolute Gasteiger partial charge is 0.347 e. The van der Waals surface area contributed by atoms with Gasteiger partial charge in [0.15, 0.2) is 0 Å². The van der Waals surface area contributed by atoms with Gasteiger partial charge >= 0.3 is 0 Å². The van der Waals surface area contributed by atoms with E-state index in [0.29, 0.717) is 18.5 Å². The second-order valence-corrected chi connectivity index (χ2v) is 4.45. The zero-order valence-electron chi connectivity index (χ0n) is 10.7. The van der Waals surface area contributed by atoms with E-state index in [1.807, 2.05) is 0 Å². The second kappa shape index (κ2) is 5.79. The Bertz CT molecular complexity index is 517. The molecule has 102 valence electrons. The third kappa shape index (κ3) is 3.29. The Morgan fingerprint density at radius 3 is 2.95 bits per heavy atom. The number of halogens is 1. The number of carbonyl (C=O) groups is 2. The van der Waals surface area contributed by atoms with Crippen molar-refractivity contribution in [2.24, 2.45) is 0 Å². The van der Waals surface area contributed by atoms with Crippen molar-refractivity contribution in [1.29, 1.82) is 0 Å². The molecule has 1 aromatic rings. The Morgan fingerprint density at radius 1 is 1.42 bits per heavy atom. The fraction of sp³-hybridized carbons (Fsp3) is 0.385. The SMILES string of the molecule is CC(=O)NCC(=O)Nc1ccc2c(c1F)CCNC2. The predicted molar refractivity (Wildman–Crippen MR) is 69.1 cm³/mol. The van der Waals surface area contributed by atoms with Crippen LogP contribution in [0.1, 0.15) is 18.1 Å². The first-order valence-corrected chi connectivity index (χ1v) is 6.13. The molecule has 0 atom stereocenters. The van der Waals surface area contributed by atoms with Gasteiger partial charge in [-0.25, -0.2) is 4.39 Å². The second-order valence-electron chi connectivity index (χ2n) is 4.45. The van der Waals surface area contributed by atoms with Gasteiger partial charge in [-0.1, -0.05) is 6.07 Å². The Labute approximate surface area is 110 Å². The molecule has 0 radical (unpaired) electrons. The Morgan fingerprint density at radius 2 is 2.21 bits per heavy atom. The van der Waals surface area contributed by atoms with Crippen LogP contribution in [0.25, 0.3) is 0 Å². The van der Waals surface area contributed by atoms with Crippen LogP contribution in [0.5, 0.6) is 0 Å². The van der Waals surface area contributed by atoms with Crippen LogP contribution < -0.4 is 16.0 Å². The molecule has 0 fully saturated rings. The minimum absolute atomic E-state index is 0.159. The van der Waals surface area contributed by atoms with E-state index in [4.69, 9.17) is 0 Å². The normalized spacial score (nSPS) is 13.6. The van der Waals surface area contributed by atoms with Gasteiger partial charge in [0, 0.05) is 13.5 Å². The van der Waals surface area contributed by atoms with Crippen LogP contribution in [0.4, 0.5) is 10.1 Å². The van der Waals surface area contributed by atoms with Gasteiger partial charge in [0.05, 0.1) is 12.2 Å². The van der Waals surface area contributed by atoms with Crippen LogP contribution in [0.2, 0.25) is 0 Å². The number of carbonyl (C=O) groups excluding carboxylic acids is 2. The maximum atomic E-state index is 14.2. The lowest BCUT2D eigenvalue weighted by Gasteiger charge is -2.19. The molecule has 1 aliphatic rings. The smallest absolute Gasteiger partial charge is 0.243 e. The molecular weight excluding hydrogens is 249 g/mol. The number of anilines is 1. The van der Waals surface area contributed by atoms with Crippen molar-refractivity contribution in [3.8, 4) is 0 Å². The summed E-state index contributed by atoms with van der Waals surface area (Å²) in [5.74, 6) is -1.12. The van der Waals surface area contributed by atoms with Gasteiger partial charge in [-0.05, 0) is 30.2 Å². The molecule has 1 aromatic carbocycles. The number of amides is 2. The molecule has 2 rings (SSSR count). The van der Waals surface area contributed by atoms with Crippen molar-refractivity contribution in [3.63, 3.8) is 0 Å². The Balaban J connectivity index is 2.08. The molecule has 1 aliphatic heterocycles. The average Bonchev–Trinajstić information content (AvgIpc) is 2.40. The van der Waals surface area contributed by atoms with E-state index in [9.17, 15) is 14.0 Å². The van der Waals surface area contributed by atoms with Crippen LogP contribution in [0.3, 0.4) is 0 Å². The van der Waals surface area contributed by atoms with E-state index < -0.39 is 5.91 Å². The molecule has 0 spiro atoms. The maximum Gasteiger partial charge on any atom is 0.243 e. The van der Waals surface area contributed by atoms with Crippen LogP contribution in [0.15, 0.2) is 12.1 Å². The number of nitrogens with one attached hydrogen (secondary N) is 3. The number of rotatable bonds is 3. The molecule has 1 heterocycles. The van der Waals surface area contributed by atoms with Crippen LogP contribution in [-0.2, 0) is 22.6 Å². The summed E-state index contributed by atoms with van der Waals surface area (Å²) in [5, 5.41) is 7.99. The van der Waals surface area contributed by atoms with Gasteiger partial charge in [0.1, 0.15) is 5.82 Å². The van der Waals surface area contributed by atoms with E-state index in [-0.39, 0.29) is 24.0 Å². The lowest BCUT2D eigenvalue weighted by molar-refractivity contribution is -0.122. The topological polar surface area (TPSA) is 70.2 Å². The van der Waals surface area contributed by atoms with E-state index >= 15 is 0 Å². The van der Waals surface area contributed by atoms with Gasteiger partial charge in [0.2, 0.25) is 11.8 Å². The summed E-state index contributed by atoms with van der Waals surface area (Å²) in [6, 6.07) is 3.35. The first-order chi connectivity index (χ1) is 9.08. The Hall–Kier alpha value is -1.95. The predicted octanol–water partition coefficient (Wildman–Crippen LogP) is 0.546. The van der Waals surface area contributed by atoms with E-state index in [0.717, 1.165) is 12.1 Å². The standard InChI is InChI=1S/C13H16FN3O2/c1-8(18)16-7-12(19)17-11-3-2-9-6-15-5-4-10(9)13(11)14/h2-3,15H,4-7H2,1H3,(H,16,18)(H,17,19). The molecule has 0 saturated heterocycles. The molecule has 0 bridgehead atoms. The van der Waals surface area contributed by atoms with Gasteiger partial charge in [0.25, 0.3) is 0 Å². The minimum atomic E-state index is -0.442. The molecule has 0 aliphatic carbocycles. The lowest BCUT2D eigenvalue weighted by atomic mass is 9.99. The maximum absolute atomic E-state index is 14.2. The van der Waals surface area contributed by atoms with Crippen molar-refractivity contribution < 1.29 is 14.0 Å². The molecule has 5 nitrogen and oxygen atoms in total. The summed E-state index contributed by atoms with van der Waals surface area (Å²) in [4.78, 5) is 22.2. The third-order valence-corrected chi connectivity index (χ3v) is 2.98. The molecule has 0 saturated carbocycles. The summed E-state index contributed by atoms with van der Waals surface area (Å²) in [5.41, 5.74) is 1.73. The molecule has 0 unspecified atom stereocenters. The van der Waals surface area contributed by atoms with Gasteiger partial charge in [-0.3, -0.25) is 9.59 Å². The molecule has 6 heteroatoms. The zero-order valence-corrected chi connectivity index (χ0v) is 10.7. The lowest BCUT2D eigenvalue weighted by Crippen LogP contribution is -2.31. The Kier molecular flexibility index (Phi) is 4.11. The van der Waals surface area contributed by atoms with E-state index in [1.54, 1.807) is 12.1 Å². The van der Waals surface area contributed by atoms with Crippen molar-refractivity contribution in [1.82, 2.24) is 10.6 Å². The highest BCUT2D eigenvalue weighted by Crippen LogP contribution is 2.24. The third-order valence-electron chi connectivity index (χ3n) is 2.98. The molecule has 0 aromatic heterocycles. The summed E-state index contributed by atoms with van der Waals surface area (Å²) >= 11 is 0. The highest BCUT2D eigenvalue weighted by atomic mass is 19.1. The van der Waals surface area contributed by atoms with Gasteiger partial charge in [-0.2, -0.15) is 0 Å². The van der Waals surface area contributed by atoms with Crippen molar-refractivity contribution in [2.75, 3.05) is 18.4 Å². The van der Waals surface area contributed by atoms with Crippen LogP contribution in [0, 0.1) is 5.82 Å². The summed E-state index contributed by atoms with van der Waals surface area (Å²) in [6.07, 6.45) is 0.608. The van der Waals surface area contributed by atoms with Gasteiger partial charge in [-0.15, -0.1) is 0 Å². The van der Waals surface area contributed by atoms with E-state index in [1.165, 1.54) is 6.92 Å². The fourth-order valence-electron chi connectivity index (χ4n) is 2.03. The molecular formula is C13H16FN3O2. The highest BCUT2D eigenvalue weighted by molar-refractivity contribution is 5.94.